The van der Waals surface area contributed by atoms with E-state index in [0.717, 1.165) is 5.56 Å². The van der Waals surface area contributed by atoms with E-state index in [9.17, 15) is 9.90 Å². The van der Waals surface area contributed by atoms with Crippen molar-refractivity contribution in [2.24, 2.45) is 5.92 Å². The van der Waals surface area contributed by atoms with Crippen LogP contribution in [0.2, 0.25) is 0 Å². The molecule has 2 atom stereocenters. The molecule has 0 saturated carbocycles. The van der Waals surface area contributed by atoms with Gasteiger partial charge in [-0.3, -0.25) is 0 Å². The van der Waals surface area contributed by atoms with E-state index in [-0.39, 0.29) is 11.9 Å². The van der Waals surface area contributed by atoms with E-state index in [1.54, 1.807) is 12.0 Å². The first kappa shape index (κ1) is 16.8. The lowest BCUT2D eigenvalue weighted by Gasteiger charge is -2.43. The molecule has 2 rings (SSSR count). The molecule has 1 aromatic carbocycles. The number of aliphatic hydroxyl groups is 1. The fourth-order valence-corrected chi connectivity index (χ4v) is 2.89. The third kappa shape index (κ3) is 4.21. The smallest absolute Gasteiger partial charge is 0.317 e. The van der Waals surface area contributed by atoms with Crippen LogP contribution in [0, 0.1) is 5.92 Å². The summed E-state index contributed by atoms with van der Waals surface area (Å²) in [6, 6.07) is 9.79. The Kier molecular flexibility index (Phi) is 5.80. The monoisotopic (exact) mass is 306 g/mol. The van der Waals surface area contributed by atoms with E-state index in [4.69, 9.17) is 4.74 Å². The van der Waals surface area contributed by atoms with Gasteiger partial charge in [-0.15, -0.1) is 0 Å². The first-order chi connectivity index (χ1) is 10.5. The molecule has 1 aromatic rings. The summed E-state index contributed by atoms with van der Waals surface area (Å²) in [5.74, 6) is 0.0406. The molecule has 1 heterocycles. The summed E-state index contributed by atoms with van der Waals surface area (Å²) >= 11 is 0. The average Bonchev–Trinajstić information content (AvgIpc) is 2.54. The number of rotatable bonds is 5. The van der Waals surface area contributed by atoms with Gasteiger partial charge >= 0.3 is 6.03 Å². The maximum Gasteiger partial charge on any atom is 0.317 e. The number of hydrogen-bond donors (Lipinski definition) is 2. The third-order valence-electron chi connectivity index (χ3n) is 4.54. The predicted molar refractivity (Wildman–Crippen MR) is 85.5 cm³/mol. The van der Waals surface area contributed by atoms with E-state index < -0.39 is 5.60 Å². The number of hydrogen-bond acceptors (Lipinski definition) is 3. The van der Waals surface area contributed by atoms with Crippen LogP contribution in [0.4, 0.5) is 4.79 Å². The standard InChI is InChI=1S/C17H26N2O3/c1-14-13-19(10-8-17(14,21)9-11-22-2)16(20)18-12-15-6-4-3-5-7-15/h3-7,14,21H,8-13H2,1-2H3,(H,18,20)/t14-,17-/m1/s1. The minimum Gasteiger partial charge on any atom is -0.389 e. The molecule has 0 radical (unpaired) electrons. The summed E-state index contributed by atoms with van der Waals surface area (Å²) in [5.41, 5.74) is 0.351. The Balaban J connectivity index is 1.83. The number of nitrogens with zero attached hydrogens (tertiary/aromatic N) is 1. The lowest BCUT2D eigenvalue weighted by atomic mass is 9.80. The molecule has 0 spiro atoms. The van der Waals surface area contributed by atoms with Crippen molar-refractivity contribution in [1.29, 1.82) is 0 Å². The van der Waals surface area contributed by atoms with Crippen LogP contribution in [0.15, 0.2) is 30.3 Å². The van der Waals surface area contributed by atoms with Gasteiger partial charge in [0.05, 0.1) is 5.60 Å². The quantitative estimate of drug-likeness (QED) is 0.875. The van der Waals surface area contributed by atoms with Crippen LogP contribution in [0.1, 0.15) is 25.3 Å². The zero-order valence-corrected chi connectivity index (χ0v) is 13.4. The number of carbonyl (C=O) groups excluding carboxylic acids is 1. The molecule has 0 bridgehead atoms. The third-order valence-corrected chi connectivity index (χ3v) is 4.54. The molecule has 1 saturated heterocycles. The zero-order chi connectivity index (χ0) is 16.0. The number of amides is 2. The zero-order valence-electron chi connectivity index (χ0n) is 13.4. The van der Waals surface area contributed by atoms with Gasteiger partial charge in [0.25, 0.3) is 0 Å². The van der Waals surface area contributed by atoms with Crippen molar-refractivity contribution >= 4 is 6.03 Å². The SMILES string of the molecule is COCC[C@]1(O)CCN(C(=O)NCc2ccccc2)C[C@H]1C. The van der Waals surface area contributed by atoms with E-state index in [2.05, 4.69) is 5.32 Å². The Morgan fingerprint density at radius 2 is 2.18 bits per heavy atom. The summed E-state index contributed by atoms with van der Waals surface area (Å²) in [6.07, 6.45) is 1.21. The average molecular weight is 306 g/mol. The highest BCUT2D eigenvalue weighted by molar-refractivity contribution is 5.74. The van der Waals surface area contributed by atoms with Crippen LogP contribution in [0.3, 0.4) is 0 Å². The molecule has 5 heteroatoms. The Bertz CT molecular complexity index is 480. The second kappa shape index (κ2) is 7.61. The van der Waals surface area contributed by atoms with Crippen LogP contribution >= 0.6 is 0 Å². The molecule has 0 aliphatic carbocycles. The van der Waals surface area contributed by atoms with Crippen LogP contribution in [0.5, 0.6) is 0 Å². The van der Waals surface area contributed by atoms with Crippen molar-refractivity contribution in [3.63, 3.8) is 0 Å². The topological polar surface area (TPSA) is 61.8 Å². The molecule has 0 unspecified atom stereocenters. The van der Waals surface area contributed by atoms with Gasteiger partial charge in [-0.05, 0) is 18.4 Å². The summed E-state index contributed by atoms with van der Waals surface area (Å²) in [4.78, 5) is 14.0. The Morgan fingerprint density at radius 3 is 2.82 bits per heavy atom. The van der Waals surface area contributed by atoms with Crippen molar-refractivity contribution in [3.8, 4) is 0 Å². The van der Waals surface area contributed by atoms with Gasteiger partial charge in [0, 0.05) is 39.3 Å². The fraction of sp³-hybridized carbons (Fsp3) is 0.588. The lowest BCUT2D eigenvalue weighted by Crippen LogP contribution is -2.54. The largest absolute Gasteiger partial charge is 0.389 e. The van der Waals surface area contributed by atoms with Gasteiger partial charge in [0.2, 0.25) is 0 Å². The predicted octanol–water partition coefficient (Wildman–Crippen LogP) is 2.01. The van der Waals surface area contributed by atoms with Gasteiger partial charge in [0.15, 0.2) is 0 Å². The number of benzene rings is 1. The summed E-state index contributed by atoms with van der Waals surface area (Å²) < 4.78 is 5.07. The van der Waals surface area contributed by atoms with Gasteiger partial charge in [-0.2, -0.15) is 0 Å². The van der Waals surface area contributed by atoms with Gasteiger partial charge in [-0.25, -0.2) is 4.79 Å². The fourth-order valence-electron chi connectivity index (χ4n) is 2.89. The van der Waals surface area contributed by atoms with Gasteiger partial charge < -0.3 is 20.1 Å². The normalized spacial score (nSPS) is 25.0. The van der Waals surface area contributed by atoms with Crippen molar-refractivity contribution in [3.05, 3.63) is 35.9 Å². The number of carbonyl (C=O) groups is 1. The van der Waals surface area contributed by atoms with Crippen molar-refractivity contribution in [1.82, 2.24) is 10.2 Å². The Labute approximate surface area is 132 Å². The highest BCUT2D eigenvalue weighted by Crippen LogP contribution is 2.30. The number of ether oxygens (including phenoxy) is 1. The minimum absolute atomic E-state index is 0.0406. The molecule has 1 fully saturated rings. The second-order valence-corrected chi connectivity index (χ2v) is 6.09. The van der Waals surface area contributed by atoms with Crippen LogP contribution in [-0.4, -0.2) is 48.4 Å². The van der Waals surface area contributed by atoms with Crippen molar-refractivity contribution < 1.29 is 14.6 Å². The first-order valence-corrected chi connectivity index (χ1v) is 7.83. The first-order valence-electron chi connectivity index (χ1n) is 7.83. The lowest BCUT2D eigenvalue weighted by molar-refractivity contribution is -0.0732. The number of methoxy groups -OCH3 is 1. The highest BCUT2D eigenvalue weighted by atomic mass is 16.5. The van der Waals surface area contributed by atoms with E-state index >= 15 is 0 Å². The molecule has 122 valence electrons. The van der Waals surface area contributed by atoms with Gasteiger partial charge in [0.1, 0.15) is 0 Å². The summed E-state index contributed by atoms with van der Waals surface area (Å²) in [6.45, 7) is 4.21. The number of urea groups is 1. The maximum absolute atomic E-state index is 12.3. The van der Waals surface area contributed by atoms with E-state index in [0.29, 0.717) is 39.1 Å². The molecular formula is C17H26N2O3. The van der Waals surface area contributed by atoms with Gasteiger partial charge in [-0.1, -0.05) is 37.3 Å². The maximum atomic E-state index is 12.3. The number of nitrogens with one attached hydrogen (secondary N) is 1. The molecule has 1 aliphatic heterocycles. The van der Waals surface area contributed by atoms with Crippen LogP contribution in [-0.2, 0) is 11.3 Å². The number of likely N-dealkylation sites (tertiary alicyclic amines) is 1. The summed E-state index contributed by atoms with van der Waals surface area (Å²) in [7, 11) is 1.64. The van der Waals surface area contributed by atoms with Crippen molar-refractivity contribution in [2.75, 3.05) is 26.8 Å². The Morgan fingerprint density at radius 1 is 1.45 bits per heavy atom. The van der Waals surface area contributed by atoms with Crippen LogP contribution < -0.4 is 5.32 Å². The molecule has 22 heavy (non-hydrogen) atoms. The Hall–Kier alpha value is -1.59. The molecule has 0 aromatic heterocycles. The number of piperidine rings is 1. The van der Waals surface area contributed by atoms with E-state index in [1.165, 1.54) is 0 Å². The molecular weight excluding hydrogens is 280 g/mol. The molecule has 1 aliphatic rings. The second-order valence-electron chi connectivity index (χ2n) is 6.09. The molecule has 5 nitrogen and oxygen atoms in total. The highest BCUT2D eigenvalue weighted by Gasteiger charge is 2.39. The molecule has 2 amide bonds. The minimum atomic E-state index is -0.730. The van der Waals surface area contributed by atoms with Crippen molar-refractivity contribution in [2.45, 2.75) is 31.9 Å². The molecule has 2 N–H and O–H groups in total. The van der Waals surface area contributed by atoms with E-state index in [1.807, 2.05) is 37.3 Å². The summed E-state index contributed by atoms with van der Waals surface area (Å²) in [5, 5.41) is 13.6. The van der Waals surface area contributed by atoms with Crippen LogP contribution in [0.25, 0.3) is 0 Å².